The van der Waals surface area contributed by atoms with Crippen LogP contribution in [-0.2, 0) is 0 Å². The van der Waals surface area contributed by atoms with Crippen molar-refractivity contribution in [3.63, 3.8) is 0 Å². The Morgan fingerprint density at radius 2 is 2.47 bits per heavy atom. The van der Waals surface area contributed by atoms with Crippen LogP contribution in [0.4, 0.5) is 5.13 Å². The fourth-order valence-electron chi connectivity index (χ4n) is 2.27. The molecular formula is C12H20BrN3S. The summed E-state index contributed by atoms with van der Waals surface area (Å²) in [5.41, 5.74) is 0. The lowest BCUT2D eigenvalue weighted by atomic mass is 10.0. The van der Waals surface area contributed by atoms with Crippen LogP contribution in [0.15, 0.2) is 9.98 Å². The highest BCUT2D eigenvalue weighted by atomic mass is 79.9. The lowest BCUT2D eigenvalue weighted by molar-refractivity contribution is 0.399. The SMILES string of the molecule is CCCN(CC1CCCCN1)c1nc(Br)cs1. The van der Waals surface area contributed by atoms with E-state index in [-0.39, 0.29) is 0 Å². The molecule has 1 aliphatic rings. The third-order valence-corrected chi connectivity index (χ3v) is 4.69. The first-order valence-electron chi connectivity index (χ1n) is 6.39. The van der Waals surface area contributed by atoms with Gasteiger partial charge in [0.25, 0.3) is 0 Å². The van der Waals surface area contributed by atoms with Gasteiger partial charge in [-0.25, -0.2) is 4.98 Å². The lowest BCUT2D eigenvalue weighted by Gasteiger charge is -2.30. The van der Waals surface area contributed by atoms with Crippen molar-refractivity contribution in [2.75, 3.05) is 24.5 Å². The predicted molar refractivity (Wildman–Crippen MR) is 78.0 cm³/mol. The summed E-state index contributed by atoms with van der Waals surface area (Å²) in [7, 11) is 0. The van der Waals surface area contributed by atoms with Crippen LogP contribution >= 0.6 is 27.3 Å². The Kier molecular flexibility index (Phi) is 5.25. The zero-order valence-corrected chi connectivity index (χ0v) is 12.7. The average molecular weight is 318 g/mol. The highest BCUT2D eigenvalue weighted by molar-refractivity contribution is 9.10. The third-order valence-electron chi connectivity index (χ3n) is 3.08. The minimum Gasteiger partial charge on any atom is -0.347 e. The zero-order valence-electron chi connectivity index (χ0n) is 10.3. The highest BCUT2D eigenvalue weighted by Crippen LogP contribution is 2.24. The Hall–Kier alpha value is -0.130. The highest BCUT2D eigenvalue weighted by Gasteiger charge is 2.18. The fraction of sp³-hybridized carbons (Fsp3) is 0.750. The molecular weight excluding hydrogens is 298 g/mol. The molecule has 96 valence electrons. The van der Waals surface area contributed by atoms with Crippen LogP contribution < -0.4 is 10.2 Å². The summed E-state index contributed by atoms with van der Waals surface area (Å²) >= 11 is 5.16. The van der Waals surface area contributed by atoms with E-state index in [2.05, 4.69) is 43.4 Å². The number of aromatic nitrogens is 1. The minimum atomic E-state index is 0.637. The van der Waals surface area contributed by atoms with E-state index < -0.39 is 0 Å². The summed E-state index contributed by atoms with van der Waals surface area (Å²) in [6.07, 6.45) is 5.16. The molecule has 1 saturated heterocycles. The van der Waals surface area contributed by atoms with Gasteiger partial charge in [0.2, 0.25) is 0 Å². The van der Waals surface area contributed by atoms with E-state index in [9.17, 15) is 0 Å². The molecule has 3 nitrogen and oxygen atoms in total. The molecule has 1 fully saturated rings. The van der Waals surface area contributed by atoms with Gasteiger partial charge in [0.1, 0.15) is 4.60 Å². The minimum absolute atomic E-state index is 0.637. The maximum absolute atomic E-state index is 4.53. The Bertz CT molecular complexity index is 336. The summed E-state index contributed by atoms with van der Waals surface area (Å²) in [6, 6.07) is 0.637. The van der Waals surface area contributed by atoms with Gasteiger partial charge in [-0.2, -0.15) is 0 Å². The van der Waals surface area contributed by atoms with Gasteiger partial charge in [-0.15, -0.1) is 11.3 Å². The smallest absolute Gasteiger partial charge is 0.186 e. The van der Waals surface area contributed by atoms with Gasteiger partial charge >= 0.3 is 0 Å². The van der Waals surface area contributed by atoms with Crippen LogP contribution in [-0.4, -0.2) is 30.7 Å². The van der Waals surface area contributed by atoms with Crippen molar-refractivity contribution in [1.29, 1.82) is 0 Å². The van der Waals surface area contributed by atoms with Gasteiger partial charge in [-0.05, 0) is 41.7 Å². The molecule has 0 saturated carbocycles. The number of nitrogens with zero attached hydrogens (tertiary/aromatic N) is 2. The van der Waals surface area contributed by atoms with E-state index in [0.29, 0.717) is 6.04 Å². The van der Waals surface area contributed by atoms with Gasteiger partial charge in [0.15, 0.2) is 5.13 Å². The number of nitrogens with one attached hydrogen (secondary N) is 1. The van der Waals surface area contributed by atoms with Crippen LogP contribution in [0.2, 0.25) is 0 Å². The first-order chi connectivity index (χ1) is 8.29. The van der Waals surface area contributed by atoms with Crippen LogP contribution in [0.25, 0.3) is 0 Å². The van der Waals surface area contributed by atoms with E-state index in [1.807, 2.05) is 0 Å². The largest absolute Gasteiger partial charge is 0.347 e. The van der Waals surface area contributed by atoms with Crippen molar-refractivity contribution in [2.24, 2.45) is 0 Å². The molecule has 2 heterocycles. The number of halogens is 1. The molecule has 0 spiro atoms. The molecule has 1 aromatic rings. The molecule has 0 aliphatic carbocycles. The Morgan fingerprint density at radius 3 is 3.06 bits per heavy atom. The maximum atomic E-state index is 4.53. The monoisotopic (exact) mass is 317 g/mol. The Morgan fingerprint density at radius 1 is 1.59 bits per heavy atom. The number of rotatable bonds is 5. The number of hydrogen-bond acceptors (Lipinski definition) is 4. The topological polar surface area (TPSA) is 28.2 Å². The summed E-state index contributed by atoms with van der Waals surface area (Å²) in [6.45, 7) is 5.59. The molecule has 1 atom stereocenters. The van der Waals surface area contributed by atoms with Crippen molar-refractivity contribution in [3.8, 4) is 0 Å². The van der Waals surface area contributed by atoms with Crippen molar-refractivity contribution in [1.82, 2.24) is 10.3 Å². The maximum Gasteiger partial charge on any atom is 0.186 e. The first-order valence-corrected chi connectivity index (χ1v) is 8.06. The lowest BCUT2D eigenvalue weighted by Crippen LogP contribution is -2.44. The molecule has 1 N–H and O–H groups in total. The number of anilines is 1. The van der Waals surface area contributed by atoms with Crippen molar-refractivity contribution in [2.45, 2.75) is 38.6 Å². The van der Waals surface area contributed by atoms with Gasteiger partial charge in [-0.1, -0.05) is 13.3 Å². The quantitative estimate of drug-likeness (QED) is 0.903. The van der Waals surface area contributed by atoms with Gasteiger partial charge in [0.05, 0.1) is 0 Å². The molecule has 0 aromatic carbocycles. The molecule has 1 aliphatic heterocycles. The normalized spacial score (nSPS) is 20.5. The van der Waals surface area contributed by atoms with Gasteiger partial charge in [0, 0.05) is 24.5 Å². The predicted octanol–water partition coefficient (Wildman–Crippen LogP) is 3.26. The summed E-state index contributed by atoms with van der Waals surface area (Å²) in [5, 5.41) is 6.81. The van der Waals surface area contributed by atoms with E-state index in [1.54, 1.807) is 11.3 Å². The van der Waals surface area contributed by atoms with Gasteiger partial charge < -0.3 is 10.2 Å². The number of hydrogen-bond donors (Lipinski definition) is 1. The zero-order chi connectivity index (χ0) is 12.1. The van der Waals surface area contributed by atoms with Crippen LogP contribution in [0, 0.1) is 0 Å². The Labute approximate surface area is 116 Å². The van der Waals surface area contributed by atoms with E-state index >= 15 is 0 Å². The second-order valence-electron chi connectivity index (χ2n) is 4.55. The molecule has 1 unspecified atom stereocenters. The molecule has 0 radical (unpaired) electrons. The average Bonchev–Trinajstić information content (AvgIpc) is 2.77. The van der Waals surface area contributed by atoms with E-state index in [4.69, 9.17) is 0 Å². The van der Waals surface area contributed by atoms with Crippen molar-refractivity contribution < 1.29 is 0 Å². The summed E-state index contributed by atoms with van der Waals surface area (Å²) in [4.78, 5) is 6.94. The fourth-order valence-corrected chi connectivity index (χ4v) is 3.56. The van der Waals surface area contributed by atoms with E-state index in [1.165, 1.54) is 32.2 Å². The third kappa shape index (κ3) is 3.93. The summed E-state index contributed by atoms with van der Waals surface area (Å²) in [5.74, 6) is 0. The molecule has 1 aromatic heterocycles. The molecule has 0 amide bonds. The molecule has 17 heavy (non-hydrogen) atoms. The number of thiazole rings is 1. The standard InChI is InChI=1S/C12H20BrN3S/c1-2-7-16(12-15-11(13)9-17-12)8-10-5-3-4-6-14-10/h9-10,14H,2-8H2,1H3. The molecule has 5 heteroatoms. The first kappa shape index (κ1) is 13.3. The molecule has 2 rings (SSSR count). The van der Waals surface area contributed by atoms with Crippen molar-refractivity contribution in [3.05, 3.63) is 9.98 Å². The second kappa shape index (κ2) is 6.71. The van der Waals surface area contributed by atoms with Crippen molar-refractivity contribution >= 4 is 32.4 Å². The number of piperidine rings is 1. The van der Waals surface area contributed by atoms with E-state index in [0.717, 1.165) is 22.8 Å². The van der Waals surface area contributed by atoms with Crippen LogP contribution in [0.3, 0.4) is 0 Å². The van der Waals surface area contributed by atoms with Crippen LogP contribution in [0.1, 0.15) is 32.6 Å². The second-order valence-corrected chi connectivity index (χ2v) is 6.19. The Balaban J connectivity index is 1.96. The van der Waals surface area contributed by atoms with Crippen LogP contribution in [0.5, 0.6) is 0 Å². The summed E-state index contributed by atoms with van der Waals surface area (Å²) < 4.78 is 0.954. The molecule has 0 bridgehead atoms. The van der Waals surface area contributed by atoms with Gasteiger partial charge in [-0.3, -0.25) is 0 Å².